The zero-order chi connectivity index (χ0) is 29.8. The standard InChI is InChI=1S/C30H29F4N5O3/c1-16-9-19-10-20(29(42)39(15-30(32,33)34)14-23(19)22-13-35-37-26(16)22)12-25(40)38-7-5-17(6-8-38)21-11-18-3-2-4-24(31)27(18)36-28(21)41/h2-4,9,11,13,17,20H,5-8,10,12,14-15H2,1H3,(H,35,37)(H,36,41)/t20-/m0/s1. The summed E-state index contributed by atoms with van der Waals surface area (Å²) < 4.78 is 54.6. The number of piperidine rings is 1. The zero-order valence-electron chi connectivity index (χ0n) is 22.9. The molecule has 4 heterocycles. The topological polar surface area (TPSA) is 102 Å². The number of pyridine rings is 1. The molecule has 42 heavy (non-hydrogen) atoms. The van der Waals surface area contributed by atoms with E-state index >= 15 is 0 Å². The molecule has 1 atom stereocenters. The van der Waals surface area contributed by atoms with E-state index in [9.17, 15) is 31.9 Å². The minimum absolute atomic E-state index is 0.139. The number of alkyl halides is 3. The van der Waals surface area contributed by atoms with Crippen molar-refractivity contribution in [3.8, 4) is 0 Å². The molecule has 220 valence electrons. The first-order chi connectivity index (χ1) is 20.0. The third kappa shape index (κ3) is 5.25. The van der Waals surface area contributed by atoms with Gasteiger partial charge >= 0.3 is 6.18 Å². The van der Waals surface area contributed by atoms with E-state index in [4.69, 9.17) is 0 Å². The molecular formula is C30H29F4N5O3. The average molecular weight is 584 g/mol. The Morgan fingerprint density at radius 3 is 2.62 bits per heavy atom. The van der Waals surface area contributed by atoms with Crippen LogP contribution in [0.5, 0.6) is 0 Å². The van der Waals surface area contributed by atoms with E-state index < -0.39 is 30.4 Å². The van der Waals surface area contributed by atoms with Crippen molar-refractivity contribution in [3.63, 3.8) is 0 Å². The summed E-state index contributed by atoms with van der Waals surface area (Å²) in [6.07, 6.45) is -2.11. The maximum Gasteiger partial charge on any atom is 0.406 e. The van der Waals surface area contributed by atoms with Crippen LogP contribution < -0.4 is 5.56 Å². The number of rotatable bonds is 4. The molecule has 6 rings (SSSR count). The van der Waals surface area contributed by atoms with Gasteiger partial charge in [0.2, 0.25) is 11.8 Å². The fourth-order valence-electron chi connectivity index (χ4n) is 6.46. The predicted molar refractivity (Wildman–Crippen MR) is 147 cm³/mol. The second-order valence-corrected chi connectivity index (χ2v) is 11.3. The number of aromatic amines is 2. The first-order valence-electron chi connectivity index (χ1n) is 13.9. The minimum Gasteiger partial charge on any atom is -0.343 e. The van der Waals surface area contributed by atoms with Crippen LogP contribution in [-0.2, 0) is 22.6 Å². The van der Waals surface area contributed by atoms with Crippen molar-refractivity contribution in [2.45, 2.75) is 51.2 Å². The van der Waals surface area contributed by atoms with Gasteiger partial charge in [0.25, 0.3) is 5.56 Å². The first-order valence-corrected chi connectivity index (χ1v) is 13.9. The largest absolute Gasteiger partial charge is 0.406 e. The molecule has 8 nitrogen and oxygen atoms in total. The van der Waals surface area contributed by atoms with E-state index in [0.717, 1.165) is 16.0 Å². The van der Waals surface area contributed by atoms with E-state index in [1.165, 1.54) is 6.07 Å². The van der Waals surface area contributed by atoms with E-state index in [1.54, 1.807) is 29.3 Å². The summed E-state index contributed by atoms with van der Waals surface area (Å²) in [5, 5.41) is 8.18. The van der Waals surface area contributed by atoms with Gasteiger partial charge in [-0.15, -0.1) is 0 Å². The molecule has 0 aliphatic carbocycles. The van der Waals surface area contributed by atoms with Crippen LogP contribution in [0.2, 0.25) is 0 Å². The molecule has 2 aliphatic rings. The number of amides is 2. The van der Waals surface area contributed by atoms with E-state index in [0.29, 0.717) is 53.3 Å². The molecule has 0 bridgehead atoms. The molecule has 1 fully saturated rings. The van der Waals surface area contributed by atoms with Gasteiger partial charge in [0, 0.05) is 42.4 Å². The second-order valence-electron chi connectivity index (χ2n) is 11.3. The summed E-state index contributed by atoms with van der Waals surface area (Å²) in [4.78, 5) is 44.6. The number of hydrogen-bond acceptors (Lipinski definition) is 4. The number of benzene rings is 2. The van der Waals surface area contributed by atoms with Gasteiger partial charge < -0.3 is 14.8 Å². The zero-order valence-corrected chi connectivity index (χ0v) is 22.9. The molecule has 4 aromatic rings. The van der Waals surface area contributed by atoms with Crippen molar-refractivity contribution >= 4 is 33.6 Å². The second kappa shape index (κ2) is 10.6. The minimum atomic E-state index is -4.59. The molecule has 2 N–H and O–H groups in total. The van der Waals surface area contributed by atoms with Gasteiger partial charge in [-0.05, 0) is 60.9 Å². The van der Waals surface area contributed by atoms with Crippen LogP contribution in [0.3, 0.4) is 0 Å². The maximum atomic E-state index is 14.1. The summed E-state index contributed by atoms with van der Waals surface area (Å²) >= 11 is 0. The van der Waals surface area contributed by atoms with Gasteiger partial charge in [0.1, 0.15) is 12.4 Å². The predicted octanol–water partition coefficient (Wildman–Crippen LogP) is 4.71. The quantitative estimate of drug-likeness (QED) is 0.340. The smallest absolute Gasteiger partial charge is 0.343 e. The number of fused-ring (bicyclic) bond motifs is 4. The number of hydrogen-bond donors (Lipinski definition) is 2. The number of carbonyl (C=O) groups is 2. The Bertz CT molecular complexity index is 1750. The summed E-state index contributed by atoms with van der Waals surface area (Å²) in [6, 6.07) is 8.12. The van der Waals surface area contributed by atoms with Crippen molar-refractivity contribution in [2.24, 2.45) is 5.92 Å². The third-order valence-electron chi connectivity index (χ3n) is 8.55. The molecule has 0 unspecified atom stereocenters. The van der Waals surface area contributed by atoms with Crippen LogP contribution >= 0.6 is 0 Å². The lowest BCUT2D eigenvalue weighted by Gasteiger charge is -2.33. The summed E-state index contributed by atoms with van der Waals surface area (Å²) in [5.41, 5.74) is 3.22. The van der Waals surface area contributed by atoms with Gasteiger partial charge in [-0.3, -0.25) is 19.5 Å². The molecule has 2 aliphatic heterocycles. The molecule has 12 heteroatoms. The number of aryl methyl sites for hydroxylation is 1. The fraction of sp³-hybridized carbons (Fsp3) is 0.400. The van der Waals surface area contributed by atoms with Crippen LogP contribution in [0.4, 0.5) is 17.6 Å². The number of H-pyrrole nitrogens is 2. The van der Waals surface area contributed by atoms with Crippen LogP contribution in [0.25, 0.3) is 21.8 Å². The van der Waals surface area contributed by atoms with Crippen molar-refractivity contribution in [3.05, 3.63) is 75.0 Å². The molecule has 0 saturated carbocycles. The maximum absolute atomic E-state index is 14.1. The van der Waals surface area contributed by atoms with Gasteiger partial charge in [-0.1, -0.05) is 18.2 Å². The third-order valence-corrected chi connectivity index (χ3v) is 8.55. The average Bonchev–Trinajstić information content (AvgIpc) is 3.40. The van der Waals surface area contributed by atoms with Crippen molar-refractivity contribution < 1.29 is 27.2 Å². The lowest BCUT2D eigenvalue weighted by atomic mass is 9.88. The highest BCUT2D eigenvalue weighted by atomic mass is 19.4. The number of nitrogens with zero attached hydrogens (tertiary/aromatic N) is 3. The normalized spacial score (nSPS) is 18.5. The van der Waals surface area contributed by atoms with Gasteiger partial charge in [0.15, 0.2) is 0 Å². The van der Waals surface area contributed by atoms with Gasteiger partial charge in [-0.2, -0.15) is 18.3 Å². The molecule has 0 spiro atoms. The highest BCUT2D eigenvalue weighted by Crippen LogP contribution is 2.34. The lowest BCUT2D eigenvalue weighted by Crippen LogP contribution is -2.44. The van der Waals surface area contributed by atoms with Crippen LogP contribution in [-0.4, -0.2) is 62.6 Å². The Hall–Kier alpha value is -4.22. The molecule has 2 aromatic carbocycles. The Balaban J connectivity index is 1.20. The molecule has 2 amide bonds. The van der Waals surface area contributed by atoms with Gasteiger partial charge in [0.05, 0.1) is 23.1 Å². The molecule has 2 aromatic heterocycles. The Morgan fingerprint density at radius 1 is 1.12 bits per heavy atom. The number of likely N-dealkylation sites (tertiary alicyclic amines) is 1. The highest BCUT2D eigenvalue weighted by molar-refractivity contribution is 5.90. The summed E-state index contributed by atoms with van der Waals surface area (Å²) in [6.45, 7) is 0.913. The highest BCUT2D eigenvalue weighted by Gasteiger charge is 2.39. The summed E-state index contributed by atoms with van der Waals surface area (Å²) in [7, 11) is 0. The van der Waals surface area contributed by atoms with Crippen molar-refractivity contribution in [1.82, 2.24) is 25.0 Å². The first kappa shape index (κ1) is 27.9. The van der Waals surface area contributed by atoms with E-state index in [-0.39, 0.29) is 42.3 Å². The van der Waals surface area contributed by atoms with Gasteiger partial charge in [-0.25, -0.2) is 4.39 Å². The number of nitrogens with one attached hydrogen (secondary N) is 2. The lowest BCUT2D eigenvalue weighted by molar-refractivity contribution is -0.165. The Labute approximate surface area is 237 Å². The molecule has 1 saturated heterocycles. The fourth-order valence-corrected chi connectivity index (χ4v) is 6.46. The Morgan fingerprint density at radius 2 is 1.88 bits per heavy atom. The number of aromatic nitrogens is 3. The van der Waals surface area contributed by atoms with Crippen molar-refractivity contribution in [2.75, 3.05) is 19.6 Å². The van der Waals surface area contributed by atoms with E-state index in [1.807, 2.05) is 13.0 Å². The number of para-hydroxylation sites is 1. The van der Waals surface area contributed by atoms with Crippen LogP contribution in [0.1, 0.15) is 47.4 Å². The number of carbonyl (C=O) groups excluding carboxylic acids is 2. The summed E-state index contributed by atoms with van der Waals surface area (Å²) in [5.74, 6) is -2.60. The van der Waals surface area contributed by atoms with Crippen molar-refractivity contribution in [1.29, 1.82) is 0 Å². The SMILES string of the molecule is Cc1cc2c(c3cn[nH]c13)CN(CC(F)(F)F)C(=O)[C@H](CC(=O)N1CCC(c3cc4cccc(F)c4[nH]c3=O)CC1)C2. The monoisotopic (exact) mass is 583 g/mol. The van der Waals surface area contributed by atoms with Crippen LogP contribution in [0.15, 0.2) is 41.3 Å². The Kier molecular flexibility index (Phi) is 7.02. The van der Waals surface area contributed by atoms with E-state index in [2.05, 4.69) is 15.2 Å². The molecule has 0 radical (unpaired) electrons. The molecular weight excluding hydrogens is 554 g/mol. The number of halogens is 4. The van der Waals surface area contributed by atoms with Crippen LogP contribution in [0, 0.1) is 18.7 Å².